The molecule has 4 heteroatoms. The highest BCUT2D eigenvalue weighted by Gasteiger charge is 2.08. The van der Waals surface area contributed by atoms with E-state index in [1.54, 1.807) is 18.4 Å². The van der Waals surface area contributed by atoms with Crippen LogP contribution in [-0.2, 0) is 24.3 Å². The highest BCUT2D eigenvalue weighted by atomic mass is 32.1. The van der Waals surface area contributed by atoms with Crippen LogP contribution in [0.3, 0.4) is 0 Å². The molecule has 0 atom stereocenters. The number of hydrogen-bond acceptors (Lipinski definition) is 4. The standard InChI is InChI=1S/C9H16N2OS/c1-4-9-11-7(6-12-3)8(13-9)5-10-2/h10H,4-6H2,1-3H3. The molecule has 0 bridgehead atoms. The van der Waals surface area contributed by atoms with E-state index in [2.05, 4.69) is 17.2 Å². The smallest absolute Gasteiger partial charge is 0.0929 e. The SMILES string of the molecule is CCc1nc(COC)c(CNC)s1. The minimum Gasteiger partial charge on any atom is -0.378 e. The molecule has 1 aromatic rings. The van der Waals surface area contributed by atoms with Crippen molar-refractivity contribution in [3.05, 3.63) is 15.6 Å². The summed E-state index contributed by atoms with van der Waals surface area (Å²) >= 11 is 1.77. The number of nitrogens with zero attached hydrogens (tertiary/aromatic N) is 1. The largest absolute Gasteiger partial charge is 0.378 e. The number of methoxy groups -OCH3 is 1. The topological polar surface area (TPSA) is 34.1 Å². The van der Waals surface area contributed by atoms with Crippen LogP contribution < -0.4 is 5.32 Å². The predicted octanol–water partition coefficient (Wildman–Crippen LogP) is 1.57. The van der Waals surface area contributed by atoms with Crippen LogP contribution in [0.25, 0.3) is 0 Å². The molecule has 1 rings (SSSR count). The van der Waals surface area contributed by atoms with E-state index in [0.717, 1.165) is 18.7 Å². The Hall–Kier alpha value is -0.450. The molecule has 0 saturated heterocycles. The van der Waals surface area contributed by atoms with Gasteiger partial charge in [-0.1, -0.05) is 6.92 Å². The van der Waals surface area contributed by atoms with E-state index in [9.17, 15) is 0 Å². The summed E-state index contributed by atoms with van der Waals surface area (Å²) < 4.78 is 5.09. The van der Waals surface area contributed by atoms with Gasteiger partial charge in [0.1, 0.15) is 0 Å². The van der Waals surface area contributed by atoms with E-state index in [4.69, 9.17) is 4.74 Å². The summed E-state index contributed by atoms with van der Waals surface area (Å²) in [4.78, 5) is 5.78. The molecule has 0 amide bonds. The molecule has 0 fully saturated rings. The van der Waals surface area contributed by atoms with Gasteiger partial charge in [-0.15, -0.1) is 11.3 Å². The fourth-order valence-electron chi connectivity index (χ4n) is 1.14. The van der Waals surface area contributed by atoms with Crippen molar-refractivity contribution < 1.29 is 4.74 Å². The van der Waals surface area contributed by atoms with Gasteiger partial charge in [0.25, 0.3) is 0 Å². The van der Waals surface area contributed by atoms with Crippen molar-refractivity contribution in [3.63, 3.8) is 0 Å². The molecule has 0 aliphatic rings. The van der Waals surface area contributed by atoms with Crippen molar-refractivity contribution in [1.29, 1.82) is 0 Å². The van der Waals surface area contributed by atoms with Gasteiger partial charge in [-0.05, 0) is 13.5 Å². The van der Waals surface area contributed by atoms with E-state index >= 15 is 0 Å². The van der Waals surface area contributed by atoms with Gasteiger partial charge >= 0.3 is 0 Å². The summed E-state index contributed by atoms with van der Waals surface area (Å²) in [6.45, 7) is 3.63. The second-order valence-corrected chi connectivity index (χ2v) is 3.96. The van der Waals surface area contributed by atoms with E-state index in [1.165, 1.54) is 9.88 Å². The van der Waals surface area contributed by atoms with Gasteiger partial charge in [0.2, 0.25) is 0 Å². The first-order valence-electron chi connectivity index (χ1n) is 4.42. The summed E-state index contributed by atoms with van der Waals surface area (Å²) in [5.74, 6) is 0. The van der Waals surface area contributed by atoms with Crippen LogP contribution >= 0.6 is 11.3 Å². The summed E-state index contributed by atoms with van der Waals surface area (Å²) in [5, 5.41) is 4.33. The number of ether oxygens (including phenoxy) is 1. The molecule has 1 heterocycles. The normalized spacial score (nSPS) is 10.7. The predicted molar refractivity (Wildman–Crippen MR) is 55.0 cm³/mol. The second-order valence-electron chi connectivity index (χ2n) is 2.79. The molecular formula is C9H16N2OS. The molecular weight excluding hydrogens is 184 g/mol. The minimum atomic E-state index is 0.619. The number of nitrogens with one attached hydrogen (secondary N) is 1. The molecule has 74 valence electrons. The molecule has 0 aromatic carbocycles. The van der Waals surface area contributed by atoms with Crippen LogP contribution in [0.5, 0.6) is 0 Å². The van der Waals surface area contributed by atoms with E-state index in [0.29, 0.717) is 6.61 Å². The van der Waals surface area contributed by atoms with E-state index in [-0.39, 0.29) is 0 Å². The first-order valence-corrected chi connectivity index (χ1v) is 5.24. The molecule has 0 radical (unpaired) electrons. The van der Waals surface area contributed by atoms with Gasteiger partial charge in [0, 0.05) is 18.5 Å². The summed E-state index contributed by atoms with van der Waals surface area (Å²) in [6, 6.07) is 0. The average Bonchev–Trinajstić information content (AvgIpc) is 2.50. The maximum absolute atomic E-state index is 5.09. The zero-order chi connectivity index (χ0) is 9.68. The Labute approximate surface area is 83.1 Å². The quantitative estimate of drug-likeness (QED) is 0.783. The molecule has 0 aliphatic heterocycles. The average molecular weight is 200 g/mol. The van der Waals surface area contributed by atoms with Gasteiger partial charge in [-0.2, -0.15) is 0 Å². The molecule has 3 nitrogen and oxygen atoms in total. The molecule has 1 N–H and O–H groups in total. The van der Waals surface area contributed by atoms with Gasteiger partial charge in [0.05, 0.1) is 17.3 Å². The van der Waals surface area contributed by atoms with Crippen LogP contribution in [0.15, 0.2) is 0 Å². The van der Waals surface area contributed by atoms with Crippen LogP contribution in [0.4, 0.5) is 0 Å². The van der Waals surface area contributed by atoms with Crippen LogP contribution in [0.2, 0.25) is 0 Å². The lowest BCUT2D eigenvalue weighted by Gasteiger charge is -1.98. The lowest BCUT2D eigenvalue weighted by Crippen LogP contribution is -2.06. The molecule has 0 unspecified atom stereocenters. The Morgan fingerprint density at radius 2 is 2.31 bits per heavy atom. The summed E-state index contributed by atoms with van der Waals surface area (Å²) in [6.07, 6.45) is 1.01. The molecule has 0 saturated carbocycles. The molecule has 0 aliphatic carbocycles. The fourth-order valence-corrected chi connectivity index (χ4v) is 2.16. The first-order chi connectivity index (χ1) is 6.31. The summed E-state index contributed by atoms with van der Waals surface area (Å²) in [5.41, 5.74) is 1.08. The van der Waals surface area contributed by atoms with E-state index < -0.39 is 0 Å². The van der Waals surface area contributed by atoms with Crippen LogP contribution in [0.1, 0.15) is 22.5 Å². The number of thiazole rings is 1. The lowest BCUT2D eigenvalue weighted by atomic mass is 10.3. The van der Waals surface area contributed by atoms with Crippen LogP contribution in [0, 0.1) is 0 Å². The molecule has 1 aromatic heterocycles. The Morgan fingerprint density at radius 1 is 1.54 bits per heavy atom. The third-order valence-corrected chi connectivity index (χ3v) is 2.99. The Balaban J connectivity index is 2.79. The number of hydrogen-bond donors (Lipinski definition) is 1. The lowest BCUT2D eigenvalue weighted by molar-refractivity contribution is 0.181. The first kappa shape index (κ1) is 10.6. The van der Waals surface area contributed by atoms with Gasteiger partial charge in [-0.3, -0.25) is 0 Å². The monoisotopic (exact) mass is 200 g/mol. The van der Waals surface area contributed by atoms with Crippen molar-refractivity contribution in [1.82, 2.24) is 10.3 Å². The summed E-state index contributed by atoms with van der Waals surface area (Å²) in [7, 11) is 3.65. The third-order valence-electron chi connectivity index (χ3n) is 1.74. The minimum absolute atomic E-state index is 0.619. The van der Waals surface area contributed by atoms with Crippen molar-refractivity contribution >= 4 is 11.3 Å². The Kier molecular flexibility index (Phi) is 4.35. The van der Waals surface area contributed by atoms with Gasteiger partial charge in [-0.25, -0.2) is 4.98 Å². The number of rotatable bonds is 5. The highest BCUT2D eigenvalue weighted by molar-refractivity contribution is 7.11. The maximum Gasteiger partial charge on any atom is 0.0929 e. The Morgan fingerprint density at radius 3 is 2.85 bits per heavy atom. The fraction of sp³-hybridized carbons (Fsp3) is 0.667. The second kappa shape index (κ2) is 5.32. The van der Waals surface area contributed by atoms with E-state index in [1.807, 2.05) is 7.05 Å². The Bertz CT molecular complexity index is 237. The van der Waals surface area contributed by atoms with Crippen molar-refractivity contribution in [3.8, 4) is 0 Å². The molecule has 0 spiro atoms. The highest BCUT2D eigenvalue weighted by Crippen LogP contribution is 2.19. The van der Waals surface area contributed by atoms with Gasteiger partial charge < -0.3 is 10.1 Å². The van der Waals surface area contributed by atoms with Crippen LogP contribution in [-0.4, -0.2) is 19.1 Å². The van der Waals surface area contributed by atoms with Crippen molar-refractivity contribution in [2.75, 3.05) is 14.2 Å². The van der Waals surface area contributed by atoms with Crippen molar-refractivity contribution in [2.24, 2.45) is 0 Å². The van der Waals surface area contributed by atoms with Crippen molar-refractivity contribution in [2.45, 2.75) is 26.5 Å². The number of aryl methyl sites for hydroxylation is 1. The zero-order valence-electron chi connectivity index (χ0n) is 8.39. The maximum atomic E-state index is 5.09. The third kappa shape index (κ3) is 2.76. The number of aromatic nitrogens is 1. The van der Waals surface area contributed by atoms with Gasteiger partial charge in [0.15, 0.2) is 0 Å². The zero-order valence-corrected chi connectivity index (χ0v) is 9.20. The molecule has 13 heavy (non-hydrogen) atoms.